The first-order valence-corrected chi connectivity index (χ1v) is 10.6. The number of nitriles is 1. The van der Waals surface area contributed by atoms with E-state index in [1.54, 1.807) is 31.2 Å². The molecule has 0 saturated heterocycles. The Morgan fingerprint density at radius 2 is 1.94 bits per heavy atom. The molecule has 3 unspecified atom stereocenters. The Kier molecular flexibility index (Phi) is 6.45. The van der Waals surface area contributed by atoms with Crippen molar-refractivity contribution in [3.05, 3.63) is 76.9 Å². The maximum absolute atomic E-state index is 13.2. The number of oxazole rings is 1. The van der Waals surface area contributed by atoms with Crippen molar-refractivity contribution in [2.75, 3.05) is 0 Å². The number of benzene rings is 2. The summed E-state index contributed by atoms with van der Waals surface area (Å²) in [6, 6.07) is 15.5. The fourth-order valence-corrected chi connectivity index (χ4v) is 4.13. The number of ether oxygens (including phenoxy) is 1. The van der Waals surface area contributed by atoms with Crippen molar-refractivity contribution in [3.8, 4) is 17.5 Å². The van der Waals surface area contributed by atoms with Crippen molar-refractivity contribution in [3.63, 3.8) is 0 Å². The second-order valence-electron chi connectivity index (χ2n) is 8.08. The first kappa shape index (κ1) is 21.2. The van der Waals surface area contributed by atoms with Crippen LogP contribution in [0.15, 0.2) is 52.9 Å². The molecule has 3 aromatic rings. The molecule has 0 radical (unpaired) electrons. The number of aliphatic hydroxyl groups is 1. The third kappa shape index (κ3) is 5.01. The molecule has 2 aromatic carbocycles. The summed E-state index contributed by atoms with van der Waals surface area (Å²) in [6.07, 6.45) is 2.90. The molecule has 1 saturated carbocycles. The van der Waals surface area contributed by atoms with Gasteiger partial charge in [-0.2, -0.15) is 5.26 Å². The number of nitrogens with zero attached hydrogens (tertiary/aromatic N) is 2. The van der Waals surface area contributed by atoms with Crippen LogP contribution in [-0.2, 0) is 11.3 Å². The minimum Gasteiger partial charge on any atom is -0.441 e. The van der Waals surface area contributed by atoms with Crippen LogP contribution in [0, 0.1) is 30.0 Å². The SMILES string of the molecule is Cc1oc(-c2ccc(F)cc2)nc1C(O)C1CCCC(OCc2ccc(C#N)cc2)C1. The zero-order valence-corrected chi connectivity index (χ0v) is 17.4. The van der Waals surface area contributed by atoms with Gasteiger partial charge >= 0.3 is 0 Å². The number of aromatic nitrogens is 1. The largest absolute Gasteiger partial charge is 0.441 e. The minimum atomic E-state index is -0.737. The summed E-state index contributed by atoms with van der Waals surface area (Å²) < 4.78 is 25.0. The van der Waals surface area contributed by atoms with Gasteiger partial charge in [-0.3, -0.25) is 0 Å². The van der Waals surface area contributed by atoms with Gasteiger partial charge in [0.05, 0.1) is 24.3 Å². The Morgan fingerprint density at radius 3 is 2.65 bits per heavy atom. The zero-order chi connectivity index (χ0) is 21.8. The van der Waals surface area contributed by atoms with Crippen LogP contribution in [0.25, 0.3) is 11.5 Å². The molecule has 1 fully saturated rings. The standard InChI is InChI=1S/C25H25FN2O3/c1-16-23(28-25(31-16)19-9-11-21(26)12-10-19)24(29)20-3-2-4-22(13-20)30-15-18-7-5-17(14-27)6-8-18/h5-12,20,22,24,29H,2-4,13,15H2,1H3. The van der Waals surface area contributed by atoms with Crippen molar-refractivity contribution in [2.45, 2.75) is 51.4 Å². The molecular weight excluding hydrogens is 395 g/mol. The lowest BCUT2D eigenvalue weighted by molar-refractivity contribution is -0.0258. The Labute approximate surface area is 181 Å². The molecule has 4 rings (SSSR count). The molecule has 31 heavy (non-hydrogen) atoms. The zero-order valence-electron chi connectivity index (χ0n) is 17.4. The topological polar surface area (TPSA) is 79.3 Å². The summed E-state index contributed by atoms with van der Waals surface area (Å²) in [5.74, 6) is 0.676. The van der Waals surface area contributed by atoms with Crippen LogP contribution in [0.3, 0.4) is 0 Å². The van der Waals surface area contributed by atoms with E-state index in [4.69, 9.17) is 14.4 Å². The number of aliphatic hydroxyl groups excluding tert-OH is 1. The molecule has 160 valence electrons. The van der Waals surface area contributed by atoms with Gasteiger partial charge in [-0.15, -0.1) is 0 Å². The number of hydrogen-bond acceptors (Lipinski definition) is 5. The van der Waals surface area contributed by atoms with Gasteiger partial charge < -0.3 is 14.3 Å². The van der Waals surface area contributed by atoms with E-state index in [0.717, 1.165) is 31.2 Å². The number of aryl methyl sites for hydroxylation is 1. The van der Waals surface area contributed by atoms with Crippen LogP contribution in [0.2, 0.25) is 0 Å². The van der Waals surface area contributed by atoms with Crippen LogP contribution >= 0.6 is 0 Å². The lowest BCUT2D eigenvalue weighted by atomic mass is 9.82. The fraction of sp³-hybridized carbons (Fsp3) is 0.360. The highest BCUT2D eigenvalue weighted by atomic mass is 19.1. The Bertz CT molecular complexity index is 1050. The first-order valence-electron chi connectivity index (χ1n) is 10.6. The van der Waals surface area contributed by atoms with E-state index in [1.165, 1.54) is 12.1 Å². The van der Waals surface area contributed by atoms with Gasteiger partial charge in [-0.25, -0.2) is 9.37 Å². The summed E-state index contributed by atoms with van der Waals surface area (Å²) in [5, 5.41) is 19.9. The number of rotatable bonds is 6. The molecule has 1 N–H and O–H groups in total. The van der Waals surface area contributed by atoms with Gasteiger partial charge in [0.15, 0.2) is 0 Å². The third-order valence-electron chi connectivity index (χ3n) is 5.89. The van der Waals surface area contributed by atoms with E-state index in [-0.39, 0.29) is 17.8 Å². The van der Waals surface area contributed by atoms with E-state index in [0.29, 0.717) is 35.1 Å². The van der Waals surface area contributed by atoms with E-state index in [9.17, 15) is 9.50 Å². The molecule has 3 atom stereocenters. The monoisotopic (exact) mass is 420 g/mol. The van der Waals surface area contributed by atoms with Crippen LogP contribution < -0.4 is 0 Å². The Hall–Kier alpha value is -3.01. The summed E-state index contributed by atoms with van der Waals surface area (Å²) in [6.45, 7) is 2.27. The van der Waals surface area contributed by atoms with Crippen LogP contribution in [0.1, 0.15) is 54.4 Å². The molecule has 1 aromatic heterocycles. The highest BCUT2D eigenvalue weighted by molar-refractivity contribution is 5.53. The normalized spacial score (nSPS) is 19.7. The fourth-order valence-electron chi connectivity index (χ4n) is 4.13. The second-order valence-corrected chi connectivity index (χ2v) is 8.08. The molecule has 5 nitrogen and oxygen atoms in total. The quantitative estimate of drug-likeness (QED) is 0.572. The van der Waals surface area contributed by atoms with Crippen molar-refractivity contribution < 1.29 is 18.7 Å². The average Bonchev–Trinajstić information content (AvgIpc) is 3.19. The highest BCUT2D eigenvalue weighted by Crippen LogP contribution is 2.37. The average molecular weight is 420 g/mol. The summed E-state index contributed by atoms with van der Waals surface area (Å²) in [5.41, 5.74) is 2.87. The molecular formula is C25H25FN2O3. The molecule has 0 amide bonds. The minimum absolute atomic E-state index is 0.0320. The molecule has 0 aliphatic heterocycles. The number of halogens is 1. The second kappa shape index (κ2) is 9.42. The van der Waals surface area contributed by atoms with Crippen molar-refractivity contribution in [2.24, 2.45) is 5.92 Å². The highest BCUT2D eigenvalue weighted by Gasteiger charge is 2.32. The molecule has 1 aliphatic carbocycles. The van der Waals surface area contributed by atoms with Crippen LogP contribution in [0.4, 0.5) is 4.39 Å². The molecule has 0 bridgehead atoms. The van der Waals surface area contributed by atoms with Crippen molar-refractivity contribution in [1.82, 2.24) is 4.98 Å². The lowest BCUT2D eigenvalue weighted by Gasteiger charge is -2.31. The molecule has 0 spiro atoms. The Morgan fingerprint density at radius 1 is 1.19 bits per heavy atom. The smallest absolute Gasteiger partial charge is 0.226 e. The first-order chi connectivity index (χ1) is 15.0. The molecule has 1 aliphatic rings. The van der Waals surface area contributed by atoms with Crippen LogP contribution in [0.5, 0.6) is 0 Å². The van der Waals surface area contributed by atoms with E-state index in [1.807, 2.05) is 12.1 Å². The summed E-state index contributed by atoms with van der Waals surface area (Å²) in [7, 11) is 0. The predicted molar refractivity (Wildman–Crippen MR) is 113 cm³/mol. The molecule has 6 heteroatoms. The van der Waals surface area contributed by atoms with E-state index < -0.39 is 6.10 Å². The van der Waals surface area contributed by atoms with Gasteiger partial charge in [-0.1, -0.05) is 18.6 Å². The maximum Gasteiger partial charge on any atom is 0.226 e. The summed E-state index contributed by atoms with van der Waals surface area (Å²) in [4.78, 5) is 4.51. The van der Waals surface area contributed by atoms with Gasteiger partial charge in [0.1, 0.15) is 23.4 Å². The number of hydrogen-bond donors (Lipinski definition) is 1. The maximum atomic E-state index is 13.2. The predicted octanol–water partition coefficient (Wildman–Crippen LogP) is 5.47. The summed E-state index contributed by atoms with van der Waals surface area (Å²) >= 11 is 0. The lowest BCUT2D eigenvalue weighted by Crippen LogP contribution is -2.27. The van der Waals surface area contributed by atoms with E-state index >= 15 is 0 Å². The van der Waals surface area contributed by atoms with Gasteiger partial charge in [0.25, 0.3) is 0 Å². The molecule has 1 heterocycles. The van der Waals surface area contributed by atoms with Crippen molar-refractivity contribution >= 4 is 0 Å². The van der Waals surface area contributed by atoms with Gasteiger partial charge in [-0.05, 0) is 74.1 Å². The Balaban J connectivity index is 1.39. The van der Waals surface area contributed by atoms with Crippen LogP contribution in [-0.4, -0.2) is 16.2 Å². The van der Waals surface area contributed by atoms with E-state index in [2.05, 4.69) is 11.1 Å². The third-order valence-corrected chi connectivity index (χ3v) is 5.89. The van der Waals surface area contributed by atoms with Gasteiger partial charge in [0, 0.05) is 5.56 Å². The van der Waals surface area contributed by atoms with Gasteiger partial charge in [0.2, 0.25) is 5.89 Å². The van der Waals surface area contributed by atoms with Crippen molar-refractivity contribution in [1.29, 1.82) is 5.26 Å².